The molecule has 0 saturated carbocycles. The van der Waals surface area contributed by atoms with Crippen LogP contribution >= 0.6 is 0 Å². The summed E-state index contributed by atoms with van der Waals surface area (Å²) in [7, 11) is 1.73. The van der Waals surface area contributed by atoms with Crippen LogP contribution in [-0.2, 0) is 4.74 Å². The summed E-state index contributed by atoms with van der Waals surface area (Å²) in [4.78, 5) is 0. The summed E-state index contributed by atoms with van der Waals surface area (Å²) in [6.07, 6.45) is 3.15. The largest absolute Gasteiger partial charge is 0.379 e. The van der Waals surface area contributed by atoms with Gasteiger partial charge in [0.15, 0.2) is 0 Å². The standard InChI is InChI=1S/C16H26FNO/c1-5-7-15(19-4)16(18-8-6-2)13-9-12(3)10-14(17)11-13/h9-11,15-16,18H,5-8H2,1-4H3. The molecule has 0 heterocycles. The molecule has 0 bridgehead atoms. The van der Waals surface area contributed by atoms with E-state index < -0.39 is 0 Å². The lowest BCUT2D eigenvalue weighted by Gasteiger charge is -2.27. The Morgan fingerprint density at radius 3 is 2.47 bits per heavy atom. The van der Waals surface area contributed by atoms with E-state index in [1.807, 2.05) is 13.0 Å². The lowest BCUT2D eigenvalue weighted by atomic mass is 9.96. The lowest BCUT2D eigenvalue weighted by Crippen LogP contribution is -2.34. The maximum atomic E-state index is 13.6. The lowest BCUT2D eigenvalue weighted by molar-refractivity contribution is 0.0605. The molecular weight excluding hydrogens is 241 g/mol. The van der Waals surface area contributed by atoms with Gasteiger partial charge in [0.25, 0.3) is 0 Å². The number of methoxy groups -OCH3 is 1. The highest BCUT2D eigenvalue weighted by Gasteiger charge is 2.22. The molecule has 0 aromatic heterocycles. The van der Waals surface area contributed by atoms with Gasteiger partial charge in [-0.25, -0.2) is 4.39 Å². The molecule has 1 aromatic rings. The Balaban J connectivity index is 2.99. The summed E-state index contributed by atoms with van der Waals surface area (Å²) in [6.45, 7) is 7.09. The predicted molar refractivity (Wildman–Crippen MR) is 77.9 cm³/mol. The van der Waals surface area contributed by atoms with Crippen molar-refractivity contribution in [2.45, 2.75) is 52.2 Å². The quantitative estimate of drug-likeness (QED) is 0.769. The van der Waals surface area contributed by atoms with Crippen LogP contribution in [0.2, 0.25) is 0 Å². The Morgan fingerprint density at radius 1 is 1.21 bits per heavy atom. The maximum absolute atomic E-state index is 13.6. The summed E-state index contributed by atoms with van der Waals surface area (Å²) >= 11 is 0. The zero-order valence-corrected chi connectivity index (χ0v) is 12.5. The average Bonchev–Trinajstić information content (AvgIpc) is 2.36. The van der Waals surface area contributed by atoms with Crippen LogP contribution in [0, 0.1) is 12.7 Å². The Labute approximate surface area is 116 Å². The number of ether oxygens (including phenoxy) is 1. The molecule has 19 heavy (non-hydrogen) atoms. The predicted octanol–water partition coefficient (Wildman–Crippen LogP) is 3.99. The number of hydrogen-bond donors (Lipinski definition) is 1. The van der Waals surface area contributed by atoms with E-state index in [9.17, 15) is 4.39 Å². The fraction of sp³-hybridized carbons (Fsp3) is 0.625. The molecule has 0 fully saturated rings. The van der Waals surface area contributed by atoms with E-state index in [2.05, 4.69) is 19.2 Å². The molecule has 0 radical (unpaired) electrons. The first kappa shape index (κ1) is 16.1. The second kappa shape index (κ2) is 8.28. The monoisotopic (exact) mass is 267 g/mol. The highest BCUT2D eigenvalue weighted by atomic mass is 19.1. The van der Waals surface area contributed by atoms with Gasteiger partial charge in [-0.1, -0.05) is 26.3 Å². The Hall–Kier alpha value is -0.930. The molecule has 2 atom stereocenters. The number of benzene rings is 1. The summed E-state index contributed by atoms with van der Waals surface area (Å²) in [5.74, 6) is -0.176. The third-order valence-electron chi connectivity index (χ3n) is 3.29. The normalized spacial score (nSPS) is 14.4. The van der Waals surface area contributed by atoms with Crippen LogP contribution < -0.4 is 5.32 Å². The Kier molecular flexibility index (Phi) is 7.03. The van der Waals surface area contributed by atoms with Crippen LogP contribution in [0.15, 0.2) is 18.2 Å². The van der Waals surface area contributed by atoms with Crippen molar-refractivity contribution in [3.05, 3.63) is 35.1 Å². The molecule has 1 N–H and O–H groups in total. The van der Waals surface area contributed by atoms with E-state index in [1.165, 1.54) is 0 Å². The van der Waals surface area contributed by atoms with Gasteiger partial charge >= 0.3 is 0 Å². The molecule has 0 aliphatic carbocycles. The molecule has 0 aliphatic heterocycles. The van der Waals surface area contributed by atoms with E-state index in [0.717, 1.165) is 36.9 Å². The third kappa shape index (κ3) is 4.92. The van der Waals surface area contributed by atoms with Gasteiger partial charge in [0.1, 0.15) is 5.82 Å². The molecular formula is C16H26FNO. The van der Waals surface area contributed by atoms with Gasteiger partial charge in [0.2, 0.25) is 0 Å². The number of nitrogens with one attached hydrogen (secondary N) is 1. The van der Waals surface area contributed by atoms with Gasteiger partial charge in [-0.2, -0.15) is 0 Å². The van der Waals surface area contributed by atoms with Crippen LogP contribution in [0.4, 0.5) is 4.39 Å². The smallest absolute Gasteiger partial charge is 0.123 e. The topological polar surface area (TPSA) is 21.3 Å². The van der Waals surface area contributed by atoms with Crippen LogP contribution in [-0.4, -0.2) is 19.8 Å². The first-order chi connectivity index (χ1) is 9.12. The molecule has 2 nitrogen and oxygen atoms in total. The van der Waals surface area contributed by atoms with Gasteiger partial charge < -0.3 is 10.1 Å². The Morgan fingerprint density at radius 2 is 1.95 bits per heavy atom. The van der Waals surface area contributed by atoms with Crippen molar-refractivity contribution in [1.29, 1.82) is 0 Å². The second-order valence-electron chi connectivity index (χ2n) is 5.06. The summed E-state index contributed by atoms with van der Waals surface area (Å²) in [5, 5.41) is 3.48. The van der Waals surface area contributed by atoms with E-state index in [4.69, 9.17) is 4.74 Å². The molecule has 3 heteroatoms. The highest BCUT2D eigenvalue weighted by molar-refractivity contribution is 5.27. The van der Waals surface area contributed by atoms with Crippen molar-refractivity contribution < 1.29 is 9.13 Å². The number of halogens is 1. The minimum absolute atomic E-state index is 0.0549. The minimum Gasteiger partial charge on any atom is -0.379 e. The first-order valence-corrected chi connectivity index (χ1v) is 7.15. The van der Waals surface area contributed by atoms with E-state index in [1.54, 1.807) is 19.2 Å². The van der Waals surface area contributed by atoms with Gasteiger partial charge in [0.05, 0.1) is 12.1 Å². The highest BCUT2D eigenvalue weighted by Crippen LogP contribution is 2.24. The molecule has 0 aliphatic rings. The van der Waals surface area contributed by atoms with Crippen molar-refractivity contribution in [3.63, 3.8) is 0 Å². The van der Waals surface area contributed by atoms with Gasteiger partial charge in [-0.15, -0.1) is 0 Å². The number of hydrogen-bond acceptors (Lipinski definition) is 2. The number of aryl methyl sites for hydroxylation is 1. The summed E-state index contributed by atoms with van der Waals surface area (Å²) in [5.41, 5.74) is 1.93. The zero-order valence-electron chi connectivity index (χ0n) is 12.5. The SMILES string of the molecule is CCCNC(c1cc(C)cc(F)c1)C(CCC)OC. The van der Waals surface area contributed by atoms with Crippen molar-refractivity contribution in [3.8, 4) is 0 Å². The molecule has 1 rings (SSSR count). The van der Waals surface area contributed by atoms with Crippen molar-refractivity contribution in [2.24, 2.45) is 0 Å². The van der Waals surface area contributed by atoms with E-state index in [-0.39, 0.29) is 18.0 Å². The van der Waals surface area contributed by atoms with Crippen LogP contribution in [0.3, 0.4) is 0 Å². The fourth-order valence-electron chi connectivity index (χ4n) is 2.41. The second-order valence-corrected chi connectivity index (χ2v) is 5.06. The molecule has 0 amide bonds. The van der Waals surface area contributed by atoms with Gasteiger partial charge in [-0.05, 0) is 49.6 Å². The van der Waals surface area contributed by atoms with Crippen LogP contribution in [0.5, 0.6) is 0 Å². The minimum atomic E-state index is -0.176. The van der Waals surface area contributed by atoms with Crippen LogP contribution in [0.1, 0.15) is 50.3 Å². The molecule has 2 unspecified atom stereocenters. The molecule has 108 valence electrons. The summed E-state index contributed by atoms with van der Waals surface area (Å²) in [6, 6.07) is 5.27. The Bertz CT molecular complexity index is 361. The van der Waals surface area contributed by atoms with Crippen LogP contribution in [0.25, 0.3) is 0 Å². The molecule has 0 saturated heterocycles. The zero-order chi connectivity index (χ0) is 14.3. The van der Waals surface area contributed by atoms with Crippen molar-refractivity contribution >= 4 is 0 Å². The number of rotatable bonds is 8. The summed E-state index contributed by atoms with van der Waals surface area (Å²) < 4.78 is 19.2. The first-order valence-electron chi connectivity index (χ1n) is 7.15. The van der Waals surface area contributed by atoms with E-state index >= 15 is 0 Å². The van der Waals surface area contributed by atoms with Crippen molar-refractivity contribution in [2.75, 3.05) is 13.7 Å². The fourth-order valence-corrected chi connectivity index (χ4v) is 2.41. The average molecular weight is 267 g/mol. The van der Waals surface area contributed by atoms with E-state index in [0.29, 0.717) is 0 Å². The van der Waals surface area contributed by atoms with Gasteiger partial charge in [-0.3, -0.25) is 0 Å². The van der Waals surface area contributed by atoms with Gasteiger partial charge in [0, 0.05) is 7.11 Å². The third-order valence-corrected chi connectivity index (χ3v) is 3.29. The maximum Gasteiger partial charge on any atom is 0.123 e. The molecule has 0 spiro atoms. The van der Waals surface area contributed by atoms with Crippen molar-refractivity contribution in [1.82, 2.24) is 5.32 Å². The molecule has 1 aromatic carbocycles.